The normalized spacial score (nSPS) is 13.3. The highest BCUT2D eigenvalue weighted by molar-refractivity contribution is 5.83. The molecule has 1 N–H and O–H groups in total. The van der Waals surface area contributed by atoms with E-state index in [0.717, 1.165) is 12.2 Å². The molecule has 0 fully saturated rings. The van der Waals surface area contributed by atoms with Crippen LogP contribution >= 0.6 is 0 Å². The van der Waals surface area contributed by atoms with Gasteiger partial charge in [0.2, 0.25) is 0 Å². The van der Waals surface area contributed by atoms with Gasteiger partial charge in [0, 0.05) is 17.8 Å². The lowest BCUT2D eigenvalue weighted by molar-refractivity contribution is 1.14. The summed E-state index contributed by atoms with van der Waals surface area (Å²) in [4.78, 5) is 0. The summed E-state index contributed by atoms with van der Waals surface area (Å²) in [6.07, 6.45) is 1.84. The molecule has 23 heavy (non-hydrogen) atoms. The zero-order chi connectivity index (χ0) is 15.5. The smallest absolute Gasteiger partial charge is 0.0874 e. The Morgan fingerprint density at radius 3 is 2.65 bits per heavy atom. The van der Waals surface area contributed by atoms with E-state index in [1.807, 2.05) is 6.20 Å². The first-order valence-corrected chi connectivity index (χ1v) is 7.76. The minimum absolute atomic E-state index is 0.675. The maximum Gasteiger partial charge on any atom is 0.0874 e. The Labute approximate surface area is 135 Å². The molecule has 112 valence electrons. The minimum atomic E-state index is 0.675. The van der Waals surface area contributed by atoms with Gasteiger partial charge in [-0.2, -0.15) is 10.2 Å². The van der Waals surface area contributed by atoms with Crippen molar-refractivity contribution in [3.8, 4) is 0 Å². The number of hydrogen-bond acceptors (Lipinski definition) is 3. The molecular formula is C20H17N3. The van der Waals surface area contributed by atoms with Crippen LogP contribution in [0.4, 0.5) is 5.69 Å². The van der Waals surface area contributed by atoms with Gasteiger partial charge < -0.3 is 5.32 Å². The standard InChI is InChI=1S/C20H17N3/c1-2-5-17-10-15(8-9-16(17)4-1)12-21-20-7-3-6-18(11-20)19-13-22-23-14-19/h1-11,13,21H,12,14H2. The van der Waals surface area contributed by atoms with Gasteiger partial charge in [-0.15, -0.1) is 0 Å². The van der Waals surface area contributed by atoms with Crippen LogP contribution in [-0.4, -0.2) is 6.54 Å². The van der Waals surface area contributed by atoms with E-state index in [-0.39, 0.29) is 0 Å². The number of azo groups is 1. The fourth-order valence-corrected chi connectivity index (χ4v) is 2.82. The van der Waals surface area contributed by atoms with E-state index in [0.29, 0.717) is 6.54 Å². The molecule has 3 aromatic carbocycles. The molecule has 0 saturated heterocycles. The molecule has 0 aliphatic carbocycles. The SMILES string of the molecule is C1=C(c2cccc(NCc3ccc4ccccc4c3)c2)CN=N1. The molecule has 4 rings (SSSR count). The average Bonchev–Trinajstić information content (AvgIpc) is 3.15. The fraction of sp³-hybridized carbons (Fsp3) is 0.100. The summed E-state index contributed by atoms with van der Waals surface area (Å²) < 4.78 is 0. The van der Waals surface area contributed by atoms with Gasteiger partial charge in [0.25, 0.3) is 0 Å². The molecule has 3 nitrogen and oxygen atoms in total. The van der Waals surface area contributed by atoms with Gasteiger partial charge in [-0.05, 0) is 40.1 Å². The molecule has 0 unspecified atom stereocenters. The number of benzene rings is 3. The Balaban J connectivity index is 1.50. The van der Waals surface area contributed by atoms with Crippen molar-refractivity contribution in [2.75, 3.05) is 11.9 Å². The molecule has 0 aromatic heterocycles. The van der Waals surface area contributed by atoms with E-state index in [1.165, 1.54) is 27.5 Å². The maximum absolute atomic E-state index is 4.01. The second-order valence-electron chi connectivity index (χ2n) is 5.69. The first-order chi connectivity index (χ1) is 11.4. The summed E-state index contributed by atoms with van der Waals surface area (Å²) in [5.74, 6) is 0. The highest BCUT2D eigenvalue weighted by Crippen LogP contribution is 2.23. The summed E-state index contributed by atoms with van der Waals surface area (Å²) in [6.45, 7) is 1.48. The molecule has 1 aliphatic heterocycles. The molecule has 0 bridgehead atoms. The zero-order valence-corrected chi connectivity index (χ0v) is 12.7. The van der Waals surface area contributed by atoms with Gasteiger partial charge in [-0.3, -0.25) is 0 Å². The number of nitrogens with one attached hydrogen (secondary N) is 1. The van der Waals surface area contributed by atoms with Crippen LogP contribution in [0, 0.1) is 0 Å². The number of fused-ring (bicyclic) bond motifs is 1. The van der Waals surface area contributed by atoms with Crippen LogP contribution in [0.5, 0.6) is 0 Å². The van der Waals surface area contributed by atoms with Gasteiger partial charge in [-0.1, -0.05) is 48.5 Å². The van der Waals surface area contributed by atoms with Crippen LogP contribution in [0.2, 0.25) is 0 Å². The van der Waals surface area contributed by atoms with E-state index in [4.69, 9.17) is 0 Å². The quantitative estimate of drug-likeness (QED) is 0.701. The van der Waals surface area contributed by atoms with Gasteiger partial charge in [-0.25, -0.2) is 0 Å². The van der Waals surface area contributed by atoms with Crippen LogP contribution < -0.4 is 5.32 Å². The third-order valence-corrected chi connectivity index (χ3v) is 4.08. The molecule has 1 aliphatic rings. The van der Waals surface area contributed by atoms with Crippen molar-refractivity contribution in [3.05, 3.63) is 84.1 Å². The van der Waals surface area contributed by atoms with Crippen molar-refractivity contribution in [3.63, 3.8) is 0 Å². The lowest BCUT2D eigenvalue weighted by Crippen LogP contribution is -2.00. The zero-order valence-electron chi connectivity index (χ0n) is 12.7. The third-order valence-electron chi connectivity index (χ3n) is 4.08. The lowest BCUT2D eigenvalue weighted by atomic mass is 10.1. The van der Waals surface area contributed by atoms with E-state index >= 15 is 0 Å². The van der Waals surface area contributed by atoms with Crippen molar-refractivity contribution >= 4 is 22.0 Å². The van der Waals surface area contributed by atoms with Crippen LogP contribution in [0.15, 0.2) is 83.2 Å². The predicted octanol–water partition coefficient (Wildman–Crippen LogP) is 5.26. The third kappa shape index (κ3) is 2.99. The monoisotopic (exact) mass is 299 g/mol. The second-order valence-corrected chi connectivity index (χ2v) is 5.69. The summed E-state index contributed by atoms with van der Waals surface area (Å²) in [7, 11) is 0. The Morgan fingerprint density at radius 1 is 0.870 bits per heavy atom. The van der Waals surface area contributed by atoms with Gasteiger partial charge >= 0.3 is 0 Å². The van der Waals surface area contributed by atoms with Gasteiger partial charge in [0.15, 0.2) is 0 Å². The van der Waals surface area contributed by atoms with Crippen LogP contribution in [0.3, 0.4) is 0 Å². The van der Waals surface area contributed by atoms with E-state index in [9.17, 15) is 0 Å². The molecule has 3 heteroatoms. The van der Waals surface area contributed by atoms with Gasteiger partial charge in [0.1, 0.15) is 0 Å². The highest BCUT2D eigenvalue weighted by Gasteiger charge is 2.05. The average molecular weight is 299 g/mol. The Hall–Kier alpha value is -2.94. The molecular weight excluding hydrogens is 282 g/mol. The van der Waals surface area contributed by atoms with Crippen LogP contribution in [0.1, 0.15) is 11.1 Å². The number of nitrogens with zero attached hydrogens (tertiary/aromatic N) is 2. The first kappa shape index (κ1) is 13.7. The lowest BCUT2D eigenvalue weighted by Gasteiger charge is -2.09. The summed E-state index contributed by atoms with van der Waals surface area (Å²) in [5, 5.41) is 14.0. The molecule has 3 aromatic rings. The fourth-order valence-electron chi connectivity index (χ4n) is 2.82. The van der Waals surface area contributed by atoms with Crippen molar-refractivity contribution in [2.45, 2.75) is 6.54 Å². The van der Waals surface area contributed by atoms with Crippen molar-refractivity contribution in [1.82, 2.24) is 0 Å². The topological polar surface area (TPSA) is 36.8 Å². The van der Waals surface area contributed by atoms with Crippen molar-refractivity contribution in [2.24, 2.45) is 10.2 Å². The predicted molar refractivity (Wildman–Crippen MR) is 95.4 cm³/mol. The highest BCUT2D eigenvalue weighted by atomic mass is 15.1. The molecule has 0 saturated carbocycles. The van der Waals surface area contributed by atoms with E-state index < -0.39 is 0 Å². The van der Waals surface area contributed by atoms with Crippen LogP contribution in [0.25, 0.3) is 16.3 Å². The number of anilines is 1. The van der Waals surface area contributed by atoms with Gasteiger partial charge in [0.05, 0.1) is 12.7 Å². The Kier molecular flexibility index (Phi) is 3.60. The summed E-state index contributed by atoms with van der Waals surface area (Å²) >= 11 is 0. The summed E-state index contributed by atoms with van der Waals surface area (Å²) in [6, 6.07) is 23.4. The first-order valence-electron chi connectivity index (χ1n) is 7.76. The second kappa shape index (κ2) is 6.05. The minimum Gasteiger partial charge on any atom is -0.381 e. The number of rotatable bonds is 4. The van der Waals surface area contributed by atoms with E-state index in [1.54, 1.807) is 0 Å². The maximum atomic E-state index is 4.01. The molecule has 0 atom stereocenters. The molecule has 0 spiro atoms. The summed E-state index contributed by atoms with van der Waals surface area (Å²) in [5.41, 5.74) is 4.74. The number of hydrogen-bond donors (Lipinski definition) is 1. The van der Waals surface area contributed by atoms with Crippen molar-refractivity contribution < 1.29 is 0 Å². The largest absolute Gasteiger partial charge is 0.381 e. The molecule has 0 radical (unpaired) electrons. The molecule has 1 heterocycles. The van der Waals surface area contributed by atoms with E-state index in [2.05, 4.69) is 82.3 Å². The Bertz CT molecular complexity index is 909. The van der Waals surface area contributed by atoms with Crippen LogP contribution in [-0.2, 0) is 6.54 Å². The van der Waals surface area contributed by atoms with Crippen molar-refractivity contribution in [1.29, 1.82) is 0 Å². The molecule has 0 amide bonds. The Morgan fingerprint density at radius 2 is 1.78 bits per heavy atom.